The van der Waals surface area contributed by atoms with Crippen LogP contribution in [0.1, 0.15) is 6.92 Å². The van der Waals surface area contributed by atoms with Gasteiger partial charge in [-0.05, 0) is 12.5 Å². The molecule has 0 aromatic carbocycles. The summed E-state index contributed by atoms with van der Waals surface area (Å²) >= 11 is 0. The Kier molecular flexibility index (Phi) is 3.11. The zero-order valence-corrected chi connectivity index (χ0v) is 13.3. The van der Waals surface area contributed by atoms with Gasteiger partial charge in [0.05, 0.1) is 50.5 Å². The number of allylic oxidation sites excluding steroid dienone is 1. The van der Waals surface area contributed by atoms with Crippen LogP contribution in [0.5, 0.6) is 0 Å². The third kappa shape index (κ3) is 2.06. The smallest absolute Gasteiger partial charge is 0.286 e. The molecule has 0 radical (unpaired) electrons. The van der Waals surface area contributed by atoms with Crippen molar-refractivity contribution in [2.75, 3.05) is 39.6 Å². The number of rotatable bonds is 2. The molecule has 8 nitrogen and oxygen atoms in total. The van der Waals surface area contributed by atoms with Gasteiger partial charge < -0.3 is 0 Å². The van der Waals surface area contributed by atoms with E-state index in [1.807, 2.05) is 13.0 Å². The first kappa shape index (κ1) is 14.5. The van der Waals surface area contributed by atoms with Crippen molar-refractivity contribution in [1.82, 2.24) is 0 Å². The second-order valence-electron chi connectivity index (χ2n) is 5.80. The van der Waals surface area contributed by atoms with Gasteiger partial charge in [-0.1, -0.05) is 6.08 Å². The van der Waals surface area contributed by atoms with Gasteiger partial charge in [-0.3, -0.25) is 27.1 Å². The molecule has 6 aliphatic rings. The van der Waals surface area contributed by atoms with E-state index in [2.05, 4.69) is 0 Å². The van der Waals surface area contributed by atoms with Gasteiger partial charge in [-0.15, -0.1) is 0 Å². The number of hydrogen-bond donors (Lipinski definition) is 0. The lowest BCUT2D eigenvalue weighted by molar-refractivity contribution is -0.118. The maximum absolute atomic E-state index is 11.9. The Hall–Kier alpha value is -0.0400. The Morgan fingerprint density at radius 1 is 0.762 bits per heavy atom. The highest BCUT2D eigenvalue weighted by Crippen LogP contribution is 2.67. The molecule has 21 heavy (non-hydrogen) atoms. The molecule has 0 spiro atoms. The molecule has 0 amide bonds. The maximum atomic E-state index is 11.9. The van der Waals surface area contributed by atoms with Crippen LogP contribution in [0.15, 0.2) is 11.6 Å². The first-order valence-electron chi connectivity index (χ1n) is 6.68. The van der Waals surface area contributed by atoms with Crippen molar-refractivity contribution < 1.29 is 36.3 Å². The molecule has 4 bridgehead atoms. The lowest BCUT2D eigenvalue weighted by atomic mass is 9.67. The standard InChI is InChI=1S/C11H16O8P2/c1-2-9(10-3-14-20(12,15-4-10)16-5-10)11-6-17-21(13,18-7-11)19-8-11/h2H,3-8H2,1H3. The summed E-state index contributed by atoms with van der Waals surface area (Å²) in [6.45, 7) is 3.41. The zero-order chi connectivity index (χ0) is 14.8. The first-order valence-corrected chi connectivity index (χ1v) is 9.60. The van der Waals surface area contributed by atoms with Crippen LogP contribution in [0.3, 0.4) is 0 Å². The minimum absolute atomic E-state index is 0.253. The summed E-state index contributed by atoms with van der Waals surface area (Å²) < 4.78 is 55.3. The summed E-state index contributed by atoms with van der Waals surface area (Å²) in [4.78, 5) is 0. The highest BCUT2D eigenvalue weighted by molar-refractivity contribution is 7.48. The minimum atomic E-state index is -3.36. The third-order valence-corrected chi connectivity index (χ3v) is 7.10. The highest BCUT2D eigenvalue weighted by Gasteiger charge is 2.60. The first-order chi connectivity index (χ1) is 9.94. The van der Waals surface area contributed by atoms with E-state index >= 15 is 0 Å². The molecule has 118 valence electrons. The summed E-state index contributed by atoms with van der Waals surface area (Å²) in [5, 5.41) is 0. The van der Waals surface area contributed by atoms with Crippen LogP contribution in [0, 0.1) is 10.8 Å². The quantitative estimate of drug-likeness (QED) is 0.559. The molecule has 0 atom stereocenters. The Balaban J connectivity index is 1.67. The predicted octanol–water partition coefficient (Wildman–Crippen LogP) is 2.28. The molecule has 0 aromatic heterocycles. The summed E-state index contributed by atoms with van der Waals surface area (Å²) in [7, 11) is -6.72. The molecule has 6 fully saturated rings. The number of phosphoric acid groups is 2. The second kappa shape index (κ2) is 4.49. The van der Waals surface area contributed by atoms with Gasteiger partial charge in [-0.25, -0.2) is 9.13 Å². The SMILES string of the molecule is CC=C(C12COP(=O)(OC1)OC2)C12COP(=O)(OC1)OC2. The molecule has 6 heterocycles. The van der Waals surface area contributed by atoms with E-state index in [0.717, 1.165) is 5.57 Å². The monoisotopic (exact) mass is 338 g/mol. The van der Waals surface area contributed by atoms with Crippen LogP contribution in [0.4, 0.5) is 0 Å². The Bertz CT molecular complexity index is 488. The van der Waals surface area contributed by atoms with Gasteiger partial charge in [0.2, 0.25) is 0 Å². The van der Waals surface area contributed by atoms with E-state index in [4.69, 9.17) is 27.1 Å². The van der Waals surface area contributed by atoms with Crippen LogP contribution in [-0.2, 0) is 36.3 Å². The Labute approximate surface area is 121 Å². The van der Waals surface area contributed by atoms with E-state index in [0.29, 0.717) is 0 Å². The van der Waals surface area contributed by atoms with Gasteiger partial charge in [0.25, 0.3) is 0 Å². The molecule has 0 N–H and O–H groups in total. The predicted molar refractivity (Wildman–Crippen MR) is 69.5 cm³/mol. The minimum Gasteiger partial charge on any atom is -0.286 e. The van der Waals surface area contributed by atoms with Gasteiger partial charge >= 0.3 is 15.6 Å². The largest absolute Gasteiger partial charge is 0.474 e. The van der Waals surface area contributed by atoms with E-state index in [1.54, 1.807) is 0 Å². The molecule has 0 unspecified atom stereocenters. The average molecular weight is 338 g/mol. The molecule has 10 heteroatoms. The summed E-state index contributed by atoms with van der Waals surface area (Å²) in [5.41, 5.74) is -0.141. The van der Waals surface area contributed by atoms with E-state index in [-0.39, 0.29) is 39.6 Å². The molecule has 6 rings (SSSR count). The van der Waals surface area contributed by atoms with Crippen molar-refractivity contribution in [2.24, 2.45) is 10.8 Å². The second-order valence-corrected chi connectivity index (χ2v) is 9.14. The molecule has 0 aromatic rings. The number of phosphoric ester groups is 2. The Morgan fingerprint density at radius 3 is 1.29 bits per heavy atom. The summed E-state index contributed by atoms with van der Waals surface area (Å²) in [6, 6.07) is 0. The third-order valence-electron chi connectivity index (χ3n) is 4.43. The van der Waals surface area contributed by atoms with Crippen molar-refractivity contribution in [3.63, 3.8) is 0 Å². The van der Waals surface area contributed by atoms with E-state index in [1.165, 1.54) is 0 Å². The number of hydrogen-bond acceptors (Lipinski definition) is 8. The average Bonchev–Trinajstić information content (AvgIpc) is 2.51. The van der Waals surface area contributed by atoms with Crippen LogP contribution in [-0.4, -0.2) is 39.6 Å². The molecule has 0 aliphatic carbocycles. The fraction of sp³-hybridized carbons (Fsp3) is 0.818. The van der Waals surface area contributed by atoms with Gasteiger partial charge in [0.15, 0.2) is 0 Å². The summed E-state index contributed by atoms with van der Waals surface area (Å²) in [5.74, 6) is 0. The molecular weight excluding hydrogens is 322 g/mol. The lowest BCUT2D eigenvalue weighted by Crippen LogP contribution is -2.55. The highest BCUT2D eigenvalue weighted by atomic mass is 31.2. The molecule has 0 saturated carbocycles. The molecular formula is C11H16O8P2. The van der Waals surface area contributed by atoms with Crippen molar-refractivity contribution in [3.8, 4) is 0 Å². The van der Waals surface area contributed by atoms with Crippen molar-refractivity contribution in [1.29, 1.82) is 0 Å². The van der Waals surface area contributed by atoms with Gasteiger partial charge in [0, 0.05) is 0 Å². The zero-order valence-electron chi connectivity index (χ0n) is 11.5. The van der Waals surface area contributed by atoms with E-state index < -0.39 is 26.5 Å². The van der Waals surface area contributed by atoms with Crippen molar-refractivity contribution in [3.05, 3.63) is 11.6 Å². The fourth-order valence-electron chi connectivity index (χ4n) is 3.33. The van der Waals surface area contributed by atoms with E-state index in [9.17, 15) is 9.13 Å². The molecule has 6 aliphatic heterocycles. The Morgan fingerprint density at radius 2 is 1.05 bits per heavy atom. The van der Waals surface area contributed by atoms with Gasteiger partial charge in [-0.2, -0.15) is 0 Å². The lowest BCUT2D eigenvalue weighted by Gasteiger charge is -2.53. The normalized spacial score (nSPS) is 51.9. The molecule has 6 saturated heterocycles. The number of fused-ring (bicyclic) bond motifs is 6. The van der Waals surface area contributed by atoms with Crippen LogP contribution < -0.4 is 0 Å². The van der Waals surface area contributed by atoms with Crippen LogP contribution in [0.2, 0.25) is 0 Å². The van der Waals surface area contributed by atoms with Crippen molar-refractivity contribution in [2.45, 2.75) is 6.92 Å². The fourth-order valence-corrected chi connectivity index (χ4v) is 6.21. The maximum Gasteiger partial charge on any atom is 0.474 e. The van der Waals surface area contributed by atoms with Gasteiger partial charge in [0.1, 0.15) is 0 Å². The van der Waals surface area contributed by atoms with Crippen LogP contribution in [0.25, 0.3) is 0 Å². The topological polar surface area (TPSA) is 89.5 Å². The van der Waals surface area contributed by atoms with Crippen molar-refractivity contribution >= 4 is 15.6 Å². The summed E-state index contributed by atoms with van der Waals surface area (Å²) in [6.07, 6.45) is 1.94. The van der Waals surface area contributed by atoms with Crippen LogP contribution >= 0.6 is 15.6 Å².